The van der Waals surface area contributed by atoms with Gasteiger partial charge in [0.1, 0.15) is 0 Å². The summed E-state index contributed by atoms with van der Waals surface area (Å²) >= 11 is 0. The second kappa shape index (κ2) is 5.95. The lowest BCUT2D eigenvalue weighted by Gasteiger charge is -2.15. The third-order valence-corrected chi connectivity index (χ3v) is 2.76. The van der Waals surface area contributed by atoms with Gasteiger partial charge in [0.25, 0.3) is 5.91 Å². The number of rotatable bonds is 4. The zero-order valence-corrected chi connectivity index (χ0v) is 10.3. The lowest BCUT2D eigenvalue weighted by atomic mass is 10.1. The van der Waals surface area contributed by atoms with Crippen LogP contribution in [0.4, 0.5) is 5.69 Å². The monoisotopic (exact) mass is 230 g/mol. The highest BCUT2D eigenvalue weighted by atomic mass is 16.1. The zero-order valence-electron chi connectivity index (χ0n) is 10.3. The highest BCUT2D eigenvalue weighted by Gasteiger charge is 2.14. The van der Waals surface area contributed by atoms with Gasteiger partial charge in [0.05, 0.1) is 5.56 Å². The molecule has 1 unspecified atom stereocenters. The van der Waals surface area contributed by atoms with Crippen LogP contribution in [0, 0.1) is 19.3 Å². The molecule has 90 valence electrons. The lowest BCUT2D eigenvalue weighted by Crippen LogP contribution is -2.34. The number of nitrogens with two attached hydrogens (primary N) is 1. The van der Waals surface area contributed by atoms with Crippen molar-refractivity contribution in [3.63, 3.8) is 0 Å². The summed E-state index contributed by atoms with van der Waals surface area (Å²) < 4.78 is 0. The van der Waals surface area contributed by atoms with E-state index < -0.39 is 0 Å². The third kappa shape index (κ3) is 3.25. The van der Waals surface area contributed by atoms with Gasteiger partial charge in [-0.3, -0.25) is 4.79 Å². The van der Waals surface area contributed by atoms with E-state index >= 15 is 0 Å². The molecule has 0 saturated heterocycles. The Bertz CT molecular complexity index is 446. The Morgan fingerprint density at radius 1 is 1.59 bits per heavy atom. The van der Waals surface area contributed by atoms with Crippen molar-refractivity contribution in [3.05, 3.63) is 29.3 Å². The molecule has 1 amide bonds. The maximum Gasteiger partial charge on any atom is 0.253 e. The van der Waals surface area contributed by atoms with E-state index in [9.17, 15) is 4.79 Å². The second-order valence-electron chi connectivity index (χ2n) is 4.02. The number of carbonyl (C=O) groups excluding carboxylic acids is 1. The number of aryl methyl sites for hydroxylation is 1. The smallest absolute Gasteiger partial charge is 0.253 e. The van der Waals surface area contributed by atoms with Crippen molar-refractivity contribution in [2.75, 3.05) is 5.73 Å². The quantitative estimate of drug-likeness (QED) is 0.615. The first-order valence-corrected chi connectivity index (χ1v) is 5.69. The average Bonchev–Trinajstić information content (AvgIpc) is 2.31. The molecule has 1 atom stereocenters. The predicted octanol–water partition coefficient (Wildman–Crippen LogP) is 2.11. The molecule has 0 saturated carbocycles. The molecule has 0 spiro atoms. The van der Waals surface area contributed by atoms with Crippen molar-refractivity contribution in [2.24, 2.45) is 0 Å². The average molecular weight is 230 g/mol. The highest BCUT2D eigenvalue weighted by Crippen LogP contribution is 2.16. The maximum absolute atomic E-state index is 12.0. The van der Waals surface area contributed by atoms with E-state index in [1.54, 1.807) is 6.07 Å². The largest absolute Gasteiger partial charge is 0.398 e. The Hall–Kier alpha value is -1.95. The number of anilines is 1. The lowest BCUT2D eigenvalue weighted by molar-refractivity contribution is 0.0937. The molecule has 0 aromatic heterocycles. The number of hydrogen-bond acceptors (Lipinski definition) is 2. The number of carbonyl (C=O) groups is 1. The topological polar surface area (TPSA) is 55.1 Å². The minimum Gasteiger partial charge on any atom is -0.398 e. The molecule has 0 aliphatic carbocycles. The molecule has 0 aliphatic heterocycles. The second-order valence-corrected chi connectivity index (χ2v) is 4.02. The van der Waals surface area contributed by atoms with Crippen molar-refractivity contribution >= 4 is 11.6 Å². The molecule has 3 N–H and O–H groups in total. The van der Waals surface area contributed by atoms with Crippen LogP contribution in [-0.4, -0.2) is 11.9 Å². The van der Waals surface area contributed by atoms with E-state index in [0.717, 1.165) is 12.0 Å². The van der Waals surface area contributed by atoms with Gasteiger partial charge in [0, 0.05) is 18.2 Å². The number of para-hydroxylation sites is 1. The summed E-state index contributed by atoms with van der Waals surface area (Å²) in [4.78, 5) is 12.0. The Kier molecular flexibility index (Phi) is 4.59. The molecule has 0 heterocycles. The van der Waals surface area contributed by atoms with Crippen LogP contribution < -0.4 is 11.1 Å². The number of nitrogen functional groups attached to an aromatic ring is 1. The van der Waals surface area contributed by atoms with Crippen molar-refractivity contribution in [3.8, 4) is 12.3 Å². The number of nitrogens with one attached hydrogen (secondary N) is 1. The molecule has 1 rings (SSSR count). The van der Waals surface area contributed by atoms with Gasteiger partial charge in [-0.25, -0.2) is 0 Å². The fourth-order valence-corrected chi connectivity index (χ4v) is 1.58. The number of hydrogen-bond donors (Lipinski definition) is 2. The van der Waals surface area contributed by atoms with Gasteiger partial charge in [-0.05, 0) is 25.0 Å². The molecule has 0 fully saturated rings. The van der Waals surface area contributed by atoms with Gasteiger partial charge in [-0.15, -0.1) is 12.3 Å². The van der Waals surface area contributed by atoms with E-state index in [0.29, 0.717) is 17.7 Å². The van der Waals surface area contributed by atoms with E-state index in [2.05, 4.69) is 11.2 Å². The SMILES string of the molecule is C#CCC(CC)NC(=O)c1cccc(C)c1N. The van der Waals surface area contributed by atoms with E-state index in [1.165, 1.54) is 0 Å². The van der Waals surface area contributed by atoms with Crippen molar-refractivity contribution < 1.29 is 4.79 Å². The van der Waals surface area contributed by atoms with Crippen LogP contribution in [0.5, 0.6) is 0 Å². The maximum atomic E-state index is 12.0. The molecule has 1 aromatic rings. The van der Waals surface area contributed by atoms with Crippen molar-refractivity contribution in [1.29, 1.82) is 0 Å². The molecular weight excluding hydrogens is 212 g/mol. The van der Waals surface area contributed by atoms with E-state index in [-0.39, 0.29) is 11.9 Å². The first-order chi connectivity index (χ1) is 8.10. The Morgan fingerprint density at radius 3 is 2.88 bits per heavy atom. The van der Waals surface area contributed by atoms with Gasteiger partial charge in [0.2, 0.25) is 0 Å². The minimum atomic E-state index is -0.159. The molecule has 1 aromatic carbocycles. The van der Waals surface area contributed by atoms with Crippen LogP contribution in [0.25, 0.3) is 0 Å². The van der Waals surface area contributed by atoms with Crippen LogP contribution in [0.15, 0.2) is 18.2 Å². The van der Waals surface area contributed by atoms with Crippen LogP contribution in [0.2, 0.25) is 0 Å². The molecule has 3 heteroatoms. The van der Waals surface area contributed by atoms with Crippen LogP contribution in [0.1, 0.15) is 35.7 Å². The molecule has 3 nitrogen and oxygen atoms in total. The summed E-state index contributed by atoms with van der Waals surface area (Å²) in [6.45, 7) is 3.87. The molecule has 17 heavy (non-hydrogen) atoms. The van der Waals surface area contributed by atoms with Gasteiger partial charge < -0.3 is 11.1 Å². The number of benzene rings is 1. The predicted molar refractivity (Wildman–Crippen MR) is 70.6 cm³/mol. The van der Waals surface area contributed by atoms with E-state index in [4.69, 9.17) is 12.2 Å². The highest BCUT2D eigenvalue weighted by molar-refractivity contribution is 5.99. The molecule has 0 bridgehead atoms. The van der Waals surface area contributed by atoms with Crippen LogP contribution >= 0.6 is 0 Å². The van der Waals surface area contributed by atoms with Crippen LogP contribution in [-0.2, 0) is 0 Å². The summed E-state index contributed by atoms with van der Waals surface area (Å²) in [6.07, 6.45) is 6.59. The third-order valence-electron chi connectivity index (χ3n) is 2.76. The molecular formula is C14H18N2O. The summed E-state index contributed by atoms with van der Waals surface area (Å²) in [5.74, 6) is 2.40. The fraction of sp³-hybridized carbons (Fsp3) is 0.357. The number of terminal acetylenes is 1. The van der Waals surface area contributed by atoms with Crippen molar-refractivity contribution in [2.45, 2.75) is 32.7 Å². The van der Waals surface area contributed by atoms with Gasteiger partial charge in [-0.2, -0.15) is 0 Å². The zero-order chi connectivity index (χ0) is 12.8. The summed E-state index contributed by atoms with van der Waals surface area (Å²) in [5, 5.41) is 2.89. The summed E-state index contributed by atoms with van der Waals surface area (Å²) in [6, 6.07) is 5.43. The first-order valence-electron chi connectivity index (χ1n) is 5.69. The Balaban J connectivity index is 2.83. The van der Waals surface area contributed by atoms with Gasteiger partial charge >= 0.3 is 0 Å². The van der Waals surface area contributed by atoms with Gasteiger partial charge in [-0.1, -0.05) is 19.1 Å². The summed E-state index contributed by atoms with van der Waals surface area (Å²) in [7, 11) is 0. The van der Waals surface area contributed by atoms with Crippen molar-refractivity contribution in [1.82, 2.24) is 5.32 Å². The summed E-state index contributed by atoms with van der Waals surface area (Å²) in [5.41, 5.74) is 7.82. The number of amides is 1. The van der Waals surface area contributed by atoms with Gasteiger partial charge in [0.15, 0.2) is 0 Å². The Morgan fingerprint density at radius 2 is 2.29 bits per heavy atom. The Labute approximate surface area is 102 Å². The standard InChI is InChI=1S/C14H18N2O/c1-4-7-11(5-2)16-14(17)12-9-6-8-10(3)13(12)15/h1,6,8-9,11H,5,7,15H2,2-3H3,(H,16,17). The van der Waals surface area contributed by atoms with Crippen LogP contribution in [0.3, 0.4) is 0 Å². The molecule has 0 radical (unpaired) electrons. The normalized spacial score (nSPS) is 11.6. The fourth-order valence-electron chi connectivity index (χ4n) is 1.58. The van der Waals surface area contributed by atoms with E-state index in [1.807, 2.05) is 26.0 Å². The minimum absolute atomic E-state index is 0.00686. The first kappa shape index (κ1) is 13.1. The molecule has 0 aliphatic rings.